The number of nitrogens with one attached hydrogen (secondary N) is 2. The number of amides is 1. The van der Waals surface area contributed by atoms with Crippen molar-refractivity contribution in [2.24, 2.45) is 0 Å². The van der Waals surface area contributed by atoms with Crippen molar-refractivity contribution in [2.45, 2.75) is 0 Å². The highest BCUT2D eigenvalue weighted by atomic mass is 35.5. The molecule has 0 radical (unpaired) electrons. The van der Waals surface area contributed by atoms with Crippen LogP contribution < -0.4 is 10.6 Å². The minimum atomic E-state index is -0.754. The largest absolute Gasteiger partial charge is 0.352 e. The molecule has 1 aromatic heterocycles. The number of carbonyl (C=O) groups is 1. The van der Waals surface area contributed by atoms with Crippen LogP contribution in [0.5, 0.6) is 0 Å². The minimum Gasteiger partial charge on any atom is -0.352 e. The highest BCUT2D eigenvalue weighted by molar-refractivity contribution is 6.42. The van der Waals surface area contributed by atoms with Crippen molar-refractivity contribution in [3.63, 3.8) is 0 Å². The molecule has 0 saturated carbocycles. The molecule has 0 fully saturated rings. The summed E-state index contributed by atoms with van der Waals surface area (Å²) in [6.07, 6.45) is 2.78. The lowest BCUT2D eigenvalue weighted by Crippen LogP contribution is -2.12. The fraction of sp³-hybridized carbons (Fsp3) is 0. The Labute approximate surface area is 157 Å². The fourth-order valence-corrected chi connectivity index (χ4v) is 2.45. The summed E-state index contributed by atoms with van der Waals surface area (Å²) >= 11 is 11.8. The molecule has 8 heteroatoms. The lowest BCUT2D eigenvalue weighted by Gasteiger charge is -2.10. The molecule has 0 aliphatic heterocycles. The predicted molar refractivity (Wildman–Crippen MR) is 98.3 cm³/mol. The van der Waals surface area contributed by atoms with E-state index in [1.54, 1.807) is 12.1 Å². The summed E-state index contributed by atoms with van der Waals surface area (Å²) in [7, 11) is 0. The molecule has 1 amide bonds. The number of hydrogen-bond acceptors (Lipinski definition) is 3. The number of carbonyl (C=O) groups excluding carboxylic acids is 1. The van der Waals surface area contributed by atoms with Gasteiger partial charge in [0.05, 0.1) is 33.2 Å². The van der Waals surface area contributed by atoms with Crippen LogP contribution in [0.25, 0.3) is 0 Å². The summed E-state index contributed by atoms with van der Waals surface area (Å²) in [4.78, 5) is 16.3. The molecule has 26 heavy (non-hydrogen) atoms. The molecule has 0 bridgehead atoms. The molecule has 3 rings (SSSR count). The summed E-state index contributed by atoms with van der Waals surface area (Å²) in [5.41, 5.74) is 1.14. The monoisotopic (exact) mass is 393 g/mol. The third kappa shape index (κ3) is 4.28. The molecule has 0 saturated heterocycles. The van der Waals surface area contributed by atoms with Gasteiger partial charge in [-0.3, -0.25) is 9.78 Å². The van der Waals surface area contributed by atoms with Gasteiger partial charge in [0.25, 0.3) is 5.91 Å². The first-order chi connectivity index (χ1) is 12.4. The molecule has 3 aromatic rings. The first kappa shape index (κ1) is 18.1. The van der Waals surface area contributed by atoms with Gasteiger partial charge in [-0.1, -0.05) is 23.2 Å². The fourth-order valence-electron chi connectivity index (χ4n) is 2.16. The number of rotatable bonds is 4. The smallest absolute Gasteiger partial charge is 0.257 e. The number of benzene rings is 2. The predicted octanol–water partition coefficient (Wildman–Crippen LogP) is 5.66. The molecule has 0 unspecified atom stereocenters. The van der Waals surface area contributed by atoms with Crippen molar-refractivity contribution in [3.05, 3.63) is 82.1 Å². The van der Waals surface area contributed by atoms with Crippen LogP contribution in [-0.4, -0.2) is 10.9 Å². The minimum absolute atomic E-state index is 0.0650. The van der Waals surface area contributed by atoms with Crippen molar-refractivity contribution in [1.82, 2.24) is 4.98 Å². The Morgan fingerprint density at radius 3 is 2.46 bits per heavy atom. The van der Waals surface area contributed by atoms with E-state index in [1.165, 1.54) is 30.6 Å². The van der Waals surface area contributed by atoms with Gasteiger partial charge >= 0.3 is 0 Å². The summed E-state index contributed by atoms with van der Waals surface area (Å²) in [5.74, 6) is -1.87. The number of aromatic nitrogens is 1. The third-order valence-electron chi connectivity index (χ3n) is 3.39. The normalized spacial score (nSPS) is 10.5. The van der Waals surface area contributed by atoms with Crippen LogP contribution in [0.2, 0.25) is 10.0 Å². The first-order valence-electron chi connectivity index (χ1n) is 7.36. The van der Waals surface area contributed by atoms with Gasteiger partial charge in [0.2, 0.25) is 0 Å². The first-order valence-corrected chi connectivity index (χ1v) is 8.11. The van der Waals surface area contributed by atoms with E-state index < -0.39 is 17.5 Å². The van der Waals surface area contributed by atoms with Gasteiger partial charge in [-0.25, -0.2) is 8.78 Å². The molecular formula is C18H11Cl2F2N3O. The average Bonchev–Trinajstić information content (AvgIpc) is 2.61. The number of anilines is 3. The maximum atomic E-state index is 13.7. The lowest BCUT2D eigenvalue weighted by molar-refractivity contribution is 0.102. The van der Waals surface area contributed by atoms with Gasteiger partial charge in [-0.15, -0.1) is 0 Å². The van der Waals surface area contributed by atoms with Crippen molar-refractivity contribution in [1.29, 1.82) is 0 Å². The second kappa shape index (κ2) is 7.68. The van der Waals surface area contributed by atoms with Crippen molar-refractivity contribution >= 4 is 46.2 Å². The van der Waals surface area contributed by atoms with Crippen molar-refractivity contribution in [3.8, 4) is 0 Å². The Bertz CT molecular complexity index is 982. The number of pyridine rings is 1. The van der Waals surface area contributed by atoms with Gasteiger partial charge in [0.1, 0.15) is 11.6 Å². The van der Waals surface area contributed by atoms with E-state index >= 15 is 0 Å². The van der Waals surface area contributed by atoms with Gasteiger partial charge in [-0.2, -0.15) is 0 Å². The van der Waals surface area contributed by atoms with Crippen molar-refractivity contribution in [2.75, 3.05) is 10.6 Å². The molecular weight excluding hydrogens is 383 g/mol. The zero-order valence-corrected chi connectivity index (χ0v) is 14.6. The Kier molecular flexibility index (Phi) is 5.35. The Morgan fingerprint density at radius 2 is 1.73 bits per heavy atom. The molecule has 0 aliphatic rings. The van der Waals surface area contributed by atoms with Crippen LogP contribution in [0.3, 0.4) is 0 Å². The highest BCUT2D eigenvalue weighted by Crippen LogP contribution is 2.26. The molecule has 2 aromatic carbocycles. The van der Waals surface area contributed by atoms with E-state index in [-0.39, 0.29) is 11.3 Å². The quantitative estimate of drug-likeness (QED) is 0.600. The Morgan fingerprint density at radius 1 is 0.923 bits per heavy atom. The number of hydrogen-bond donors (Lipinski definition) is 2. The number of nitrogens with zero attached hydrogens (tertiary/aromatic N) is 1. The van der Waals surface area contributed by atoms with Crippen molar-refractivity contribution < 1.29 is 13.6 Å². The third-order valence-corrected chi connectivity index (χ3v) is 4.13. The molecule has 0 spiro atoms. The summed E-state index contributed by atoms with van der Waals surface area (Å²) < 4.78 is 26.7. The van der Waals surface area contributed by atoms with Crippen LogP contribution >= 0.6 is 23.2 Å². The Hall–Kier alpha value is -2.70. The second-order valence-corrected chi connectivity index (χ2v) is 6.11. The SMILES string of the molecule is O=C(Nc1ccc(Cl)c(Cl)c1)c1cncc(Nc2ccc(F)cc2F)c1. The zero-order valence-electron chi connectivity index (χ0n) is 13.1. The molecule has 4 nitrogen and oxygen atoms in total. The van der Waals surface area contributed by atoms with E-state index in [0.29, 0.717) is 21.4 Å². The van der Waals surface area contributed by atoms with E-state index in [0.717, 1.165) is 12.1 Å². The zero-order chi connectivity index (χ0) is 18.7. The van der Waals surface area contributed by atoms with Gasteiger partial charge < -0.3 is 10.6 Å². The molecule has 0 atom stereocenters. The van der Waals surface area contributed by atoms with Gasteiger partial charge in [0.15, 0.2) is 0 Å². The van der Waals surface area contributed by atoms with E-state index in [4.69, 9.17) is 23.2 Å². The topological polar surface area (TPSA) is 54.0 Å². The van der Waals surface area contributed by atoms with Crippen LogP contribution in [0.1, 0.15) is 10.4 Å². The van der Waals surface area contributed by atoms with E-state index in [2.05, 4.69) is 15.6 Å². The van der Waals surface area contributed by atoms with E-state index in [9.17, 15) is 13.6 Å². The lowest BCUT2D eigenvalue weighted by atomic mass is 10.2. The standard InChI is InChI=1S/C18H11Cl2F2N3O/c19-14-3-2-12(7-15(14)20)25-18(26)10-5-13(9-23-8-10)24-17-4-1-11(21)6-16(17)22/h1-9,24H,(H,25,26). The van der Waals surface area contributed by atoms with E-state index in [1.807, 2.05) is 0 Å². The summed E-state index contributed by atoms with van der Waals surface area (Å²) in [6, 6.07) is 9.32. The molecule has 2 N–H and O–H groups in total. The van der Waals surface area contributed by atoms with Crippen LogP contribution in [-0.2, 0) is 0 Å². The maximum absolute atomic E-state index is 13.7. The van der Waals surface area contributed by atoms with Crippen LogP contribution in [0, 0.1) is 11.6 Å². The number of halogens is 4. The van der Waals surface area contributed by atoms with Gasteiger partial charge in [0, 0.05) is 18.0 Å². The van der Waals surface area contributed by atoms with Gasteiger partial charge in [-0.05, 0) is 36.4 Å². The maximum Gasteiger partial charge on any atom is 0.257 e. The van der Waals surface area contributed by atoms with Crippen LogP contribution in [0.4, 0.5) is 25.8 Å². The summed E-state index contributed by atoms with van der Waals surface area (Å²) in [6.45, 7) is 0. The Balaban J connectivity index is 1.77. The highest BCUT2D eigenvalue weighted by Gasteiger charge is 2.10. The molecule has 132 valence electrons. The molecule has 1 heterocycles. The average molecular weight is 394 g/mol. The van der Waals surface area contributed by atoms with Crippen LogP contribution in [0.15, 0.2) is 54.9 Å². The second-order valence-electron chi connectivity index (χ2n) is 5.29. The summed E-state index contributed by atoms with van der Waals surface area (Å²) in [5, 5.41) is 6.10. The molecule has 0 aliphatic carbocycles.